The van der Waals surface area contributed by atoms with E-state index in [4.69, 9.17) is 9.47 Å². The zero-order chi connectivity index (χ0) is 20.4. The Balaban J connectivity index is 1.49. The summed E-state index contributed by atoms with van der Waals surface area (Å²) < 4.78 is 10.8. The minimum atomic E-state index is 0.143. The number of ether oxygens (including phenoxy) is 2. The van der Waals surface area contributed by atoms with Crippen molar-refractivity contribution in [3.63, 3.8) is 0 Å². The van der Waals surface area contributed by atoms with Gasteiger partial charge in [0.2, 0.25) is 5.91 Å². The number of anilines is 1. The van der Waals surface area contributed by atoms with Crippen LogP contribution in [-0.4, -0.2) is 61.2 Å². The second-order valence-electron chi connectivity index (χ2n) is 7.21. The van der Waals surface area contributed by atoms with Crippen molar-refractivity contribution < 1.29 is 14.3 Å². The molecule has 7 nitrogen and oxygen atoms in total. The molecule has 29 heavy (non-hydrogen) atoms. The molecule has 3 heterocycles. The summed E-state index contributed by atoms with van der Waals surface area (Å²) in [5.41, 5.74) is 2.96. The van der Waals surface area contributed by atoms with Crippen molar-refractivity contribution in [1.82, 2.24) is 14.9 Å². The standard InChI is InChI=1S/C22H26N4O3/c1-15-16(17-12-19(28-2)20(29-3)14-18(17)24-15)13-22(27)26-10-8-25(9-11-26)21-6-4-5-7-23-21/h4-7,12,14,24H,8-11,13H2,1-3H3. The topological polar surface area (TPSA) is 70.7 Å². The molecule has 7 heteroatoms. The molecule has 3 aromatic rings. The van der Waals surface area contributed by atoms with Crippen molar-refractivity contribution in [2.45, 2.75) is 13.3 Å². The van der Waals surface area contributed by atoms with Crippen LogP contribution in [0.1, 0.15) is 11.3 Å². The lowest BCUT2D eigenvalue weighted by atomic mass is 10.1. The van der Waals surface area contributed by atoms with Gasteiger partial charge < -0.3 is 24.3 Å². The van der Waals surface area contributed by atoms with Gasteiger partial charge in [0.25, 0.3) is 0 Å². The molecule has 0 atom stereocenters. The zero-order valence-corrected chi connectivity index (χ0v) is 17.1. The average Bonchev–Trinajstić information content (AvgIpc) is 3.07. The number of hydrogen-bond acceptors (Lipinski definition) is 5. The van der Waals surface area contributed by atoms with Gasteiger partial charge in [-0.2, -0.15) is 0 Å². The number of fused-ring (bicyclic) bond motifs is 1. The van der Waals surface area contributed by atoms with Gasteiger partial charge in [0.15, 0.2) is 11.5 Å². The van der Waals surface area contributed by atoms with E-state index in [1.54, 1.807) is 20.4 Å². The fourth-order valence-corrected chi connectivity index (χ4v) is 3.93. The number of amides is 1. The Hall–Kier alpha value is -3.22. The van der Waals surface area contributed by atoms with Crippen molar-refractivity contribution in [2.75, 3.05) is 45.3 Å². The van der Waals surface area contributed by atoms with Crippen LogP contribution in [0.5, 0.6) is 11.5 Å². The van der Waals surface area contributed by atoms with Crippen molar-refractivity contribution in [2.24, 2.45) is 0 Å². The van der Waals surface area contributed by atoms with Crippen LogP contribution < -0.4 is 14.4 Å². The molecule has 1 fully saturated rings. The number of benzene rings is 1. The molecule has 2 aromatic heterocycles. The summed E-state index contributed by atoms with van der Waals surface area (Å²) in [7, 11) is 3.24. The number of nitrogens with zero attached hydrogens (tertiary/aromatic N) is 3. The first-order valence-corrected chi connectivity index (χ1v) is 9.77. The maximum Gasteiger partial charge on any atom is 0.227 e. The summed E-state index contributed by atoms with van der Waals surface area (Å²) in [6, 6.07) is 9.77. The predicted molar refractivity (Wildman–Crippen MR) is 113 cm³/mol. The smallest absolute Gasteiger partial charge is 0.227 e. The predicted octanol–water partition coefficient (Wildman–Crippen LogP) is 2.78. The van der Waals surface area contributed by atoms with Crippen molar-refractivity contribution >= 4 is 22.6 Å². The van der Waals surface area contributed by atoms with E-state index in [1.165, 1.54) is 0 Å². The Kier molecular flexibility index (Phi) is 5.29. The lowest BCUT2D eigenvalue weighted by Crippen LogP contribution is -2.49. The fraction of sp³-hybridized carbons (Fsp3) is 0.364. The number of aromatic nitrogens is 2. The van der Waals surface area contributed by atoms with Crippen molar-refractivity contribution in [3.8, 4) is 11.5 Å². The number of carbonyl (C=O) groups excluding carboxylic acids is 1. The lowest BCUT2D eigenvalue weighted by molar-refractivity contribution is -0.130. The van der Waals surface area contributed by atoms with Crippen molar-refractivity contribution in [3.05, 3.63) is 47.8 Å². The molecule has 0 saturated carbocycles. The highest BCUT2D eigenvalue weighted by atomic mass is 16.5. The number of H-pyrrole nitrogens is 1. The van der Waals surface area contributed by atoms with Gasteiger partial charge in [-0.15, -0.1) is 0 Å². The van der Waals surface area contributed by atoms with Crippen molar-refractivity contribution in [1.29, 1.82) is 0 Å². The number of rotatable bonds is 5. The summed E-state index contributed by atoms with van der Waals surface area (Å²) in [6.45, 7) is 4.99. The SMILES string of the molecule is COc1cc2[nH]c(C)c(CC(=O)N3CCN(c4ccccn4)CC3)c2cc1OC. The van der Waals surface area contributed by atoms with Gasteiger partial charge in [-0.3, -0.25) is 4.79 Å². The van der Waals surface area contributed by atoms with Crippen LogP contribution in [-0.2, 0) is 11.2 Å². The number of nitrogens with one attached hydrogen (secondary N) is 1. The third-order valence-electron chi connectivity index (χ3n) is 5.56. The van der Waals surface area contributed by atoms with E-state index >= 15 is 0 Å². The van der Waals surface area contributed by atoms with Crippen LogP contribution in [0.4, 0.5) is 5.82 Å². The maximum absolute atomic E-state index is 13.0. The van der Waals surface area contributed by atoms with Crippen LogP contribution in [0.15, 0.2) is 36.5 Å². The minimum Gasteiger partial charge on any atom is -0.493 e. The van der Waals surface area contributed by atoms with E-state index in [9.17, 15) is 4.79 Å². The summed E-state index contributed by atoms with van der Waals surface area (Å²) in [5.74, 6) is 2.44. The molecule has 1 aliphatic heterocycles. The number of pyridine rings is 1. The second-order valence-corrected chi connectivity index (χ2v) is 7.21. The first kappa shape index (κ1) is 19.1. The number of hydrogen-bond donors (Lipinski definition) is 1. The number of aromatic amines is 1. The molecule has 0 spiro atoms. The van der Waals surface area contributed by atoms with Gasteiger partial charge in [0.05, 0.1) is 20.6 Å². The Morgan fingerprint density at radius 3 is 2.48 bits per heavy atom. The maximum atomic E-state index is 13.0. The Labute approximate surface area is 170 Å². The molecule has 0 unspecified atom stereocenters. The van der Waals surface area contributed by atoms with E-state index in [1.807, 2.05) is 42.2 Å². The normalized spacial score (nSPS) is 14.3. The highest BCUT2D eigenvalue weighted by Gasteiger charge is 2.24. The van der Waals surface area contributed by atoms with E-state index in [-0.39, 0.29) is 5.91 Å². The number of piperazine rings is 1. The molecule has 0 bridgehead atoms. The monoisotopic (exact) mass is 394 g/mol. The quantitative estimate of drug-likeness (QED) is 0.721. The highest BCUT2D eigenvalue weighted by Crippen LogP contribution is 2.35. The zero-order valence-electron chi connectivity index (χ0n) is 17.1. The summed E-state index contributed by atoms with van der Waals surface area (Å²) >= 11 is 0. The third-order valence-corrected chi connectivity index (χ3v) is 5.56. The minimum absolute atomic E-state index is 0.143. The fourth-order valence-electron chi connectivity index (χ4n) is 3.93. The largest absolute Gasteiger partial charge is 0.493 e. The van der Waals surface area contributed by atoms with E-state index < -0.39 is 0 Å². The molecule has 1 saturated heterocycles. The van der Waals surface area contributed by atoms with E-state index in [2.05, 4.69) is 14.9 Å². The molecule has 4 rings (SSSR count). The molecule has 152 valence electrons. The number of methoxy groups -OCH3 is 2. The summed E-state index contributed by atoms with van der Waals surface area (Å²) in [6.07, 6.45) is 2.17. The van der Waals surface area contributed by atoms with Gasteiger partial charge in [-0.05, 0) is 30.7 Å². The first-order valence-electron chi connectivity index (χ1n) is 9.77. The molecule has 1 N–H and O–H groups in total. The van der Waals surface area contributed by atoms with E-state index in [0.717, 1.165) is 41.1 Å². The van der Waals surface area contributed by atoms with Crippen LogP contribution >= 0.6 is 0 Å². The summed E-state index contributed by atoms with van der Waals surface area (Å²) in [4.78, 5) is 24.9. The molecule has 0 aliphatic carbocycles. The Morgan fingerprint density at radius 1 is 1.10 bits per heavy atom. The molecule has 1 amide bonds. The second kappa shape index (κ2) is 8.03. The summed E-state index contributed by atoms with van der Waals surface area (Å²) in [5, 5.41) is 1.00. The highest BCUT2D eigenvalue weighted by molar-refractivity contribution is 5.92. The third kappa shape index (κ3) is 3.72. The number of carbonyl (C=O) groups is 1. The van der Waals surface area contributed by atoms with Gasteiger partial charge >= 0.3 is 0 Å². The molecule has 0 radical (unpaired) electrons. The van der Waals surface area contributed by atoms with Gasteiger partial charge in [0.1, 0.15) is 5.82 Å². The number of aryl methyl sites for hydroxylation is 1. The van der Waals surface area contributed by atoms with Crippen LogP contribution in [0.3, 0.4) is 0 Å². The van der Waals surface area contributed by atoms with Crippen LogP contribution in [0.2, 0.25) is 0 Å². The Morgan fingerprint density at radius 2 is 1.83 bits per heavy atom. The molecular weight excluding hydrogens is 368 g/mol. The lowest BCUT2D eigenvalue weighted by Gasteiger charge is -2.35. The first-order chi connectivity index (χ1) is 14.1. The van der Waals surface area contributed by atoms with Gasteiger partial charge in [0, 0.05) is 55.0 Å². The average molecular weight is 394 g/mol. The van der Waals surface area contributed by atoms with Gasteiger partial charge in [-0.25, -0.2) is 4.98 Å². The van der Waals surface area contributed by atoms with Crippen LogP contribution in [0.25, 0.3) is 10.9 Å². The molecule has 1 aromatic carbocycles. The molecular formula is C22H26N4O3. The van der Waals surface area contributed by atoms with Crippen LogP contribution in [0, 0.1) is 6.92 Å². The molecule has 1 aliphatic rings. The van der Waals surface area contributed by atoms with E-state index in [0.29, 0.717) is 31.0 Å². The van der Waals surface area contributed by atoms with Gasteiger partial charge in [-0.1, -0.05) is 6.07 Å². The Bertz CT molecular complexity index is 1010.